The molecule has 0 radical (unpaired) electrons. The number of piperazine rings is 1. The molecule has 0 bridgehead atoms. The van der Waals surface area contributed by atoms with Gasteiger partial charge < -0.3 is 5.32 Å². The molecule has 90 valence electrons. The molecular formula is C12H15BrN4. The van der Waals surface area contributed by atoms with Gasteiger partial charge >= 0.3 is 0 Å². The number of rotatable bonds is 3. The van der Waals surface area contributed by atoms with Gasteiger partial charge in [0.15, 0.2) is 0 Å². The number of hydrogen-bond donors (Lipinski definition) is 1. The van der Waals surface area contributed by atoms with E-state index in [2.05, 4.69) is 43.3 Å². The minimum absolute atomic E-state index is 0.159. The number of halogens is 1. The van der Waals surface area contributed by atoms with Crippen LogP contribution in [0.15, 0.2) is 22.9 Å². The predicted octanol–water partition coefficient (Wildman–Crippen LogP) is 1.70. The van der Waals surface area contributed by atoms with E-state index < -0.39 is 0 Å². The predicted molar refractivity (Wildman–Crippen MR) is 69.4 cm³/mol. The van der Waals surface area contributed by atoms with E-state index in [1.807, 2.05) is 6.20 Å². The Morgan fingerprint density at radius 2 is 2.24 bits per heavy atom. The first-order chi connectivity index (χ1) is 8.31. The minimum Gasteiger partial charge on any atom is -0.314 e. The lowest BCUT2D eigenvalue weighted by molar-refractivity contribution is 0.175. The van der Waals surface area contributed by atoms with Crippen molar-refractivity contribution in [3.8, 4) is 6.07 Å². The summed E-state index contributed by atoms with van der Waals surface area (Å²) in [7, 11) is 0. The van der Waals surface area contributed by atoms with Crippen LogP contribution in [0.4, 0.5) is 0 Å². The van der Waals surface area contributed by atoms with E-state index in [4.69, 9.17) is 5.26 Å². The highest BCUT2D eigenvalue weighted by molar-refractivity contribution is 9.10. The average Bonchev–Trinajstić information content (AvgIpc) is 2.37. The Morgan fingerprint density at radius 3 is 2.88 bits per heavy atom. The molecule has 0 saturated carbocycles. The van der Waals surface area contributed by atoms with Gasteiger partial charge in [-0.2, -0.15) is 5.26 Å². The van der Waals surface area contributed by atoms with Crippen molar-refractivity contribution in [2.75, 3.05) is 26.2 Å². The Kier molecular flexibility index (Phi) is 4.49. The van der Waals surface area contributed by atoms with Crippen LogP contribution < -0.4 is 5.32 Å². The van der Waals surface area contributed by atoms with E-state index in [1.54, 1.807) is 6.20 Å². The van der Waals surface area contributed by atoms with Crippen LogP contribution in [-0.2, 0) is 0 Å². The quantitative estimate of drug-likeness (QED) is 0.922. The van der Waals surface area contributed by atoms with Crippen molar-refractivity contribution in [3.63, 3.8) is 0 Å². The molecule has 5 heteroatoms. The highest BCUT2D eigenvalue weighted by Gasteiger charge is 2.22. The van der Waals surface area contributed by atoms with Gasteiger partial charge in [0.2, 0.25) is 0 Å². The van der Waals surface area contributed by atoms with Crippen LogP contribution in [0.2, 0.25) is 0 Å². The fourth-order valence-electron chi connectivity index (χ4n) is 2.15. The van der Waals surface area contributed by atoms with E-state index in [0.717, 1.165) is 36.2 Å². The Hall–Kier alpha value is -0.960. The van der Waals surface area contributed by atoms with Crippen molar-refractivity contribution in [2.24, 2.45) is 0 Å². The van der Waals surface area contributed by atoms with Gasteiger partial charge in [-0.3, -0.25) is 9.88 Å². The first-order valence-corrected chi connectivity index (χ1v) is 6.52. The number of pyridine rings is 1. The largest absolute Gasteiger partial charge is 0.314 e. The number of nitrogens with zero attached hydrogens (tertiary/aromatic N) is 3. The summed E-state index contributed by atoms with van der Waals surface area (Å²) in [6.07, 6.45) is 4.14. The second-order valence-corrected chi connectivity index (χ2v) is 5.02. The average molecular weight is 295 g/mol. The third kappa shape index (κ3) is 3.25. The molecule has 0 amide bonds. The lowest BCUT2D eigenvalue weighted by Crippen LogP contribution is -2.45. The van der Waals surface area contributed by atoms with E-state index in [1.165, 1.54) is 0 Å². The zero-order valence-electron chi connectivity index (χ0n) is 9.56. The van der Waals surface area contributed by atoms with Crippen molar-refractivity contribution in [1.82, 2.24) is 15.2 Å². The minimum atomic E-state index is 0.159. The molecular weight excluding hydrogens is 280 g/mol. The molecule has 4 nitrogen and oxygen atoms in total. The SMILES string of the molecule is N#CC[C@H](c1cncc(Br)c1)N1CCNCC1. The first-order valence-electron chi connectivity index (χ1n) is 5.73. The van der Waals surface area contributed by atoms with Gasteiger partial charge in [-0.25, -0.2) is 0 Å². The topological polar surface area (TPSA) is 52.0 Å². The number of nitrogens with one attached hydrogen (secondary N) is 1. The van der Waals surface area contributed by atoms with Crippen LogP contribution in [0, 0.1) is 11.3 Å². The molecule has 0 unspecified atom stereocenters. The number of aromatic nitrogens is 1. The second-order valence-electron chi connectivity index (χ2n) is 4.10. The first kappa shape index (κ1) is 12.5. The molecule has 0 aliphatic carbocycles. The Morgan fingerprint density at radius 1 is 1.47 bits per heavy atom. The molecule has 2 heterocycles. The Balaban J connectivity index is 2.19. The number of hydrogen-bond acceptors (Lipinski definition) is 4. The van der Waals surface area contributed by atoms with Gasteiger partial charge in [0.05, 0.1) is 12.5 Å². The zero-order valence-corrected chi connectivity index (χ0v) is 11.2. The van der Waals surface area contributed by atoms with Crippen LogP contribution in [-0.4, -0.2) is 36.1 Å². The molecule has 0 aromatic carbocycles. The summed E-state index contributed by atoms with van der Waals surface area (Å²) >= 11 is 3.43. The molecule has 0 spiro atoms. The maximum atomic E-state index is 8.97. The summed E-state index contributed by atoms with van der Waals surface area (Å²) in [5, 5.41) is 12.3. The van der Waals surface area contributed by atoms with E-state index in [9.17, 15) is 0 Å². The maximum absolute atomic E-state index is 8.97. The summed E-state index contributed by atoms with van der Waals surface area (Å²) in [6.45, 7) is 3.95. The summed E-state index contributed by atoms with van der Waals surface area (Å²) in [5.74, 6) is 0. The monoisotopic (exact) mass is 294 g/mol. The van der Waals surface area contributed by atoms with E-state index >= 15 is 0 Å². The van der Waals surface area contributed by atoms with Gasteiger partial charge in [0.25, 0.3) is 0 Å². The molecule has 1 aliphatic rings. The molecule has 17 heavy (non-hydrogen) atoms. The molecule has 1 saturated heterocycles. The lowest BCUT2D eigenvalue weighted by atomic mass is 10.0. The molecule has 2 rings (SSSR count). The van der Waals surface area contributed by atoms with Crippen molar-refractivity contribution < 1.29 is 0 Å². The smallest absolute Gasteiger partial charge is 0.0641 e. The second kappa shape index (κ2) is 6.10. The summed E-state index contributed by atoms with van der Waals surface area (Å²) in [5.41, 5.74) is 1.11. The van der Waals surface area contributed by atoms with Gasteiger partial charge in [-0.05, 0) is 27.6 Å². The van der Waals surface area contributed by atoms with Gasteiger partial charge in [0, 0.05) is 49.1 Å². The van der Waals surface area contributed by atoms with Gasteiger partial charge in [0.1, 0.15) is 0 Å². The Labute approximate surface area is 110 Å². The van der Waals surface area contributed by atoms with Crippen molar-refractivity contribution in [1.29, 1.82) is 5.26 Å². The van der Waals surface area contributed by atoms with Crippen LogP contribution in [0.5, 0.6) is 0 Å². The summed E-state index contributed by atoms with van der Waals surface area (Å²) < 4.78 is 0.966. The molecule has 1 atom stereocenters. The highest BCUT2D eigenvalue weighted by Crippen LogP contribution is 2.25. The van der Waals surface area contributed by atoms with Gasteiger partial charge in [-0.15, -0.1) is 0 Å². The third-order valence-electron chi connectivity index (χ3n) is 2.99. The van der Waals surface area contributed by atoms with Crippen molar-refractivity contribution in [3.05, 3.63) is 28.5 Å². The fraction of sp³-hybridized carbons (Fsp3) is 0.500. The van der Waals surface area contributed by atoms with Crippen LogP contribution >= 0.6 is 15.9 Å². The highest BCUT2D eigenvalue weighted by atomic mass is 79.9. The van der Waals surface area contributed by atoms with Crippen LogP contribution in [0.3, 0.4) is 0 Å². The molecule has 1 aliphatic heterocycles. The summed E-state index contributed by atoms with van der Waals surface area (Å²) in [4.78, 5) is 6.53. The normalized spacial score (nSPS) is 18.6. The molecule has 1 N–H and O–H groups in total. The Bertz CT molecular complexity index is 409. The van der Waals surface area contributed by atoms with Crippen molar-refractivity contribution >= 4 is 15.9 Å². The van der Waals surface area contributed by atoms with Crippen LogP contribution in [0.25, 0.3) is 0 Å². The number of nitriles is 1. The zero-order chi connectivity index (χ0) is 12.1. The molecule has 1 aromatic heterocycles. The third-order valence-corrected chi connectivity index (χ3v) is 3.42. The molecule has 1 fully saturated rings. The van der Waals surface area contributed by atoms with Gasteiger partial charge in [-0.1, -0.05) is 0 Å². The lowest BCUT2D eigenvalue weighted by Gasteiger charge is -2.33. The van der Waals surface area contributed by atoms with Crippen molar-refractivity contribution in [2.45, 2.75) is 12.5 Å². The summed E-state index contributed by atoms with van der Waals surface area (Å²) in [6, 6.07) is 4.49. The fourth-order valence-corrected chi connectivity index (χ4v) is 2.53. The van der Waals surface area contributed by atoms with E-state index in [0.29, 0.717) is 6.42 Å². The standard InChI is InChI=1S/C12H15BrN4/c13-11-7-10(8-16-9-11)12(1-2-14)17-5-3-15-4-6-17/h7-9,12,15H,1,3-6H2/t12-/m1/s1. The van der Waals surface area contributed by atoms with Crippen LogP contribution in [0.1, 0.15) is 18.0 Å². The maximum Gasteiger partial charge on any atom is 0.0641 e. The molecule has 1 aromatic rings. The van der Waals surface area contributed by atoms with E-state index in [-0.39, 0.29) is 6.04 Å².